The molecular weight excluding hydrogens is 580 g/mol. The van der Waals surface area contributed by atoms with Crippen molar-refractivity contribution in [2.24, 2.45) is 5.89 Å². The second-order valence-electron chi connectivity index (χ2n) is 9.86. The Morgan fingerprint density at radius 3 is 2.11 bits per heavy atom. The van der Waals surface area contributed by atoms with Crippen LogP contribution in [0.15, 0.2) is 89.8 Å². The number of nitrogens with two attached hydrogens (primary N) is 1. The van der Waals surface area contributed by atoms with E-state index in [1.54, 1.807) is 60.7 Å². The topological polar surface area (TPSA) is 151 Å². The van der Waals surface area contributed by atoms with Crippen LogP contribution < -0.4 is 16.4 Å². The first kappa shape index (κ1) is 23.5. The Balaban J connectivity index is 1.91. The summed E-state index contributed by atoms with van der Waals surface area (Å²) in [4.78, 5) is 25.6. The minimum absolute atomic E-state index is 0.0379. The van der Waals surface area contributed by atoms with Crippen molar-refractivity contribution in [3.05, 3.63) is 96.1 Å². The Bertz CT molecular complexity index is 1700. The van der Waals surface area contributed by atoms with Crippen molar-refractivity contribution in [2.75, 3.05) is 32.5 Å². The van der Waals surface area contributed by atoms with Gasteiger partial charge in [-0.15, -0.1) is 0 Å². The lowest BCUT2D eigenvalue weighted by molar-refractivity contribution is -0.123. The first-order chi connectivity index (χ1) is 24.7. The van der Waals surface area contributed by atoms with Crippen LogP contribution in [0, 0.1) is 5.89 Å². The van der Waals surface area contributed by atoms with Gasteiger partial charge in [-0.1, -0.05) is 80.8 Å². The zero-order chi connectivity index (χ0) is 39.8. The van der Waals surface area contributed by atoms with Crippen LogP contribution in [0.1, 0.15) is 62.3 Å². The number of aliphatic hydroxyl groups excluding tert-OH is 1. The van der Waals surface area contributed by atoms with E-state index in [-0.39, 0.29) is 29.4 Å². The summed E-state index contributed by atoms with van der Waals surface area (Å²) < 4.78 is 106. The lowest BCUT2D eigenvalue weighted by Crippen LogP contribution is -2.50. The lowest BCUT2D eigenvalue weighted by atomic mass is 9.84. The van der Waals surface area contributed by atoms with Crippen LogP contribution in [-0.4, -0.2) is 68.7 Å². The molecule has 3 aromatic carbocycles. The maximum atomic E-state index is 14.0. The number of carbonyl (C=O) groups excluding carboxylic acids is 2. The molecule has 0 aliphatic heterocycles. The van der Waals surface area contributed by atoms with Crippen molar-refractivity contribution in [3.63, 3.8) is 0 Å². The van der Waals surface area contributed by atoms with Gasteiger partial charge in [-0.3, -0.25) is 4.79 Å². The number of methoxy groups -OCH3 is 1. The van der Waals surface area contributed by atoms with Gasteiger partial charge in [0.2, 0.25) is 15.9 Å². The monoisotopic (exact) mass is 633 g/mol. The molecule has 0 radical (unpaired) electrons. The lowest BCUT2D eigenvalue weighted by Gasteiger charge is -2.31. The van der Waals surface area contributed by atoms with Crippen LogP contribution in [0.3, 0.4) is 0 Å². The molecule has 238 valence electrons. The number of unbranched alkanes of at least 4 members (excludes halogenated alkanes) is 1. The van der Waals surface area contributed by atoms with Crippen LogP contribution in [0.25, 0.3) is 0 Å². The molecule has 5 N–H and O–H groups in total. The van der Waals surface area contributed by atoms with Gasteiger partial charge < -0.3 is 26.2 Å². The van der Waals surface area contributed by atoms with Crippen molar-refractivity contribution in [3.8, 4) is 0 Å². The molecule has 2 amide bonds. The molecule has 11 heteroatoms. The van der Waals surface area contributed by atoms with E-state index in [9.17, 15) is 23.1 Å². The third-order valence-electron chi connectivity index (χ3n) is 6.83. The molecule has 0 aromatic heterocycles. The Labute approximate surface area is 273 Å². The molecule has 0 fully saturated rings. The number of alkyl carbamates (subject to hydrolysis) is 1. The van der Waals surface area contributed by atoms with Crippen molar-refractivity contribution in [2.45, 2.75) is 55.9 Å². The quantitative estimate of drug-likeness (QED) is 0.137. The maximum absolute atomic E-state index is 14.0. The molecule has 3 rings (SSSR count). The largest absolute Gasteiger partial charge is 0.453 e. The van der Waals surface area contributed by atoms with Gasteiger partial charge in [0.25, 0.3) is 0 Å². The molecular formula is C33H44N4O6S. The molecule has 0 saturated heterocycles. The molecule has 2 unspecified atom stereocenters. The third kappa shape index (κ3) is 9.54. The standard InChI is InChI=1S/C33H44N4O6S/c1-24(2)22-37(44(41,42)29-19-17-27(34)18-20-29)28(23-38)16-10-11-21-35-32(39)31(36-33(40)43-3)30(25-12-6-4-7-13-25)26-14-8-5-9-15-26/h4-9,12-15,17-20,24,28,30-31,38H,10-11,16,21-23,34H2,1-3H3,(H,35,39)(H,36,40)/t28-,31-/m0/s1/i1D3,2D3,22D,23D,24D/t22?,23?,28-,31-. The molecule has 0 aliphatic rings. The van der Waals surface area contributed by atoms with E-state index in [0.29, 0.717) is 0 Å². The smallest absolute Gasteiger partial charge is 0.407 e. The first-order valence-corrected chi connectivity index (χ1v) is 15.3. The number of ether oxygens (including phenoxy) is 1. The number of nitrogens with zero attached hydrogens (tertiary/aromatic N) is 1. The number of nitrogens with one attached hydrogen (secondary N) is 2. The molecule has 0 saturated carbocycles. The summed E-state index contributed by atoms with van der Waals surface area (Å²) in [5, 5.41) is 15.9. The van der Waals surface area contributed by atoms with E-state index in [0.717, 1.165) is 30.4 Å². The number of sulfonamides is 1. The number of anilines is 1. The summed E-state index contributed by atoms with van der Waals surface area (Å²) in [5.41, 5.74) is 7.27. The third-order valence-corrected chi connectivity index (χ3v) is 8.63. The van der Waals surface area contributed by atoms with Gasteiger partial charge >= 0.3 is 6.09 Å². The van der Waals surface area contributed by atoms with E-state index in [1.165, 1.54) is 12.1 Å². The number of hydrogen-bond donors (Lipinski definition) is 4. The molecule has 0 spiro atoms. The SMILES string of the molecule is [2H]C(O)[C@H](CCCCNC(=O)[C@@H](NC(=O)OC)C(c1ccccc1)c1ccccc1)N(C([2H])C([2H])(C([2H])([2H])[2H])C([2H])([2H])[2H])S(=O)(=O)c1ccc(N)cc1. The Morgan fingerprint density at radius 1 is 1.00 bits per heavy atom. The first-order valence-electron chi connectivity index (χ1n) is 18.5. The molecule has 44 heavy (non-hydrogen) atoms. The van der Waals surface area contributed by atoms with E-state index in [4.69, 9.17) is 22.8 Å². The van der Waals surface area contributed by atoms with Gasteiger partial charge in [-0.05, 0) is 54.1 Å². The molecule has 4 atom stereocenters. The second-order valence-corrected chi connectivity index (χ2v) is 11.7. The minimum atomic E-state index is -5.04. The molecule has 3 aromatic rings. The Morgan fingerprint density at radius 2 is 1.59 bits per heavy atom. The van der Waals surface area contributed by atoms with Crippen LogP contribution >= 0.6 is 0 Å². The average molecular weight is 634 g/mol. The Kier molecular flexibility index (Phi) is 8.95. The van der Waals surface area contributed by atoms with Crippen LogP contribution in [0.2, 0.25) is 0 Å². The second kappa shape index (κ2) is 16.8. The van der Waals surface area contributed by atoms with Crippen LogP contribution in [0.4, 0.5) is 10.5 Å². The number of aliphatic hydroxyl groups is 1. The fourth-order valence-corrected chi connectivity index (χ4v) is 6.17. The van der Waals surface area contributed by atoms with Gasteiger partial charge in [0.05, 0.1) is 20.0 Å². The number of rotatable bonds is 16. The zero-order valence-corrected chi connectivity index (χ0v) is 25.0. The fraction of sp³-hybridized carbons (Fsp3) is 0.394. The van der Waals surface area contributed by atoms with E-state index in [1.807, 2.05) is 0 Å². The fourth-order valence-electron chi connectivity index (χ4n) is 4.68. The summed E-state index contributed by atoms with van der Waals surface area (Å²) in [6.45, 7) is -12.7. The Hall–Kier alpha value is -3.93. The maximum Gasteiger partial charge on any atom is 0.407 e. The summed E-state index contributed by atoms with van der Waals surface area (Å²) in [6.07, 6.45) is -1.22. The molecule has 0 bridgehead atoms. The van der Waals surface area contributed by atoms with E-state index >= 15 is 0 Å². The van der Waals surface area contributed by atoms with Gasteiger partial charge in [-0.25, -0.2) is 13.2 Å². The predicted octanol–water partition coefficient (Wildman–Crippen LogP) is 4.12. The highest BCUT2D eigenvalue weighted by Gasteiger charge is 2.33. The van der Waals surface area contributed by atoms with Gasteiger partial charge in [0.15, 0.2) is 0 Å². The molecule has 10 nitrogen and oxygen atoms in total. The predicted molar refractivity (Wildman–Crippen MR) is 171 cm³/mol. The van der Waals surface area contributed by atoms with E-state index in [2.05, 4.69) is 10.6 Å². The number of carbonyl (C=O) groups is 2. The highest BCUT2D eigenvalue weighted by atomic mass is 32.2. The number of nitrogen functional groups attached to an aromatic ring is 1. The minimum Gasteiger partial charge on any atom is -0.453 e. The normalized spacial score (nSPS) is 18.3. The van der Waals surface area contributed by atoms with Gasteiger partial charge in [0.1, 0.15) is 6.04 Å². The average Bonchev–Trinajstić information content (AvgIpc) is 3.09. The van der Waals surface area contributed by atoms with Crippen molar-refractivity contribution < 1.29 is 40.2 Å². The van der Waals surface area contributed by atoms with Gasteiger partial charge in [-0.2, -0.15) is 4.31 Å². The van der Waals surface area contributed by atoms with Crippen LogP contribution in [-0.2, 0) is 19.6 Å². The number of hydrogen-bond acceptors (Lipinski definition) is 7. The highest BCUT2D eigenvalue weighted by molar-refractivity contribution is 7.89. The summed E-state index contributed by atoms with van der Waals surface area (Å²) in [5.74, 6) is -4.96. The van der Waals surface area contributed by atoms with E-state index < -0.39 is 84.0 Å². The summed E-state index contributed by atoms with van der Waals surface area (Å²) in [6, 6.07) is 19.3. The van der Waals surface area contributed by atoms with Crippen molar-refractivity contribution in [1.82, 2.24) is 14.9 Å². The molecule has 0 heterocycles. The number of benzene rings is 3. The number of amides is 2. The van der Waals surface area contributed by atoms with Crippen molar-refractivity contribution >= 4 is 27.7 Å². The van der Waals surface area contributed by atoms with Gasteiger partial charge in [0, 0.05) is 41.7 Å². The van der Waals surface area contributed by atoms with Crippen molar-refractivity contribution in [1.29, 1.82) is 0 Å². The summed E-state index contributed by atoms with van der Waals surface area (Å²) in [7, 11) is -3.89. The summed E-state index contributed by atoms with van der Waals surface area (Å²) >= 11 is 0. The molecule has 0 aliphatic carbocycles. The van der Waals surface area contributed by atoms with Crippen LogP contribution in [0.5, 0.6) is 0 Å². The zero-order valence-electron chi connectivity index (χ0n) is 33.2. The highest BCUT2D eigenvalue weighted by Crippen LogP contribution is 2.29.